The number of hydrogen-bond donors (Lipinski definition) is 2. The number of anilines is 1. The molecule has 16 heavy (non-hydrogen) atoms. The molecule has 1 atom stereocenters. The Balaban J connectivity index is 2.48. The van der Waals surface area contributed by atoms with Gasteiger partial charge in [0.05, 0.1) is 0 Å². The molecule has 0 aliphatic carbocycles. The highest BCUT2D eigenvalue weighted by Gasteiger charge is 2.07. The van der Waals surface area contributed by atoms with Crippen molar-refractivity contribution >= 4 is 38.3 Å². The average molecular weight is 305 g/mol. The molecule has 6 heteroatoms. The molecule has 0 aliphatic rings. The normalized spacial score (nSPS) is 12.1. The van der Waals surface area contributed by atoms with Gasteiger partial charge in [-0.05, 0) is 18.2 Å². The van der Waals surface area contributed by atoms with Crippen LogP contribution in [0.1, 0.15) is 0 Å². The van der Waals surface area contributed by atoms with Crippen LogP contribution in [0, 0.1) is 0 Å². The highest BCUT2D eigenvalue weighted by atomic mass is 79.9. The van der Waals surface area contributed by atoms with E-state index >= 15 is 0 Å². The van der Waals surface area contributed by atoms with E-state index in [0.29, 0.717) is 18.0 Å². The van der Waals surface area contributed by atoms with Gasteiger partial charge in [0.1, 0.15) is 5.75 Å². The lowest BCUT2D eigenvalue weighted by Gasteiger charge is -2.05. The van der Waals surface area contributed by atoms with Crippen molar-refractivity contribution in [2.24, 2.45) is 5.73 Å². The van der Waals surface area contributed by atoms with Crippen LogP contribution < -0.4 is 11.1 Å². The van der Waals surface area contributed by atoms with Gasteiger partial charge in [0, 0.05) is 33.3 Å². The third-order valence-corrected chi connectivity index (χ3v) is 3.51. The van der Waals surface area contributed by atoms with E-state index in [4.69, 9.17) is 5.73 Å². The van der Waals surface area contributed by atoms with Gasteiger partial charge in [0.15, 0.2) is 0 Å². The minimum atomic E-state index is -1.18. The number of benzene rings is 1. The number of halogens is 1. The summed E-state index contributed by atoms with van der Waals surface area (Å²) in [4.78, 5) is 11.4. The lowest BCUT2D eigenvalue weighted by atomic mass is 10.3. The zero-order valence-corrected chi connectivity index (χ0v) is 11.0. The first-order valence-corrected chi connectivity index (χ1v) is 7.00. The molecule has 0 spiro atoms. The Kier molecular flexibility index (Phi) is 5.65. The summed E-state index contributed by atoms with van der Waals surface area (Å²) in [5, 5.41) is 2.67. The first kappa shape index (κ1) is 13.3. The summed E-state index contributed by atoms with van der Waals surface area (Å²) in [7, 11) is -1.18. The maximum Gasteiger partial charge on any atom is 0.236 e. The Morgan fingerprint density at radius 2 is 2.25 bits per heavy atom. The molecule has 0 saturated heterocycles. The summed E-state index contributed by atoms with van der Waals surface area (Å²) in [6.07, 6.45) is 0. The van der Waals surface area contributed by atoms with E-state index in [1.165, 1.54) is 0 Å². The first-order chi connectivity index (χ1) is 7.61. The summed E-state index contributed by atoms with van der Waals surface area (Å²) in [5.41, 5.74) is 5.93. The van der Waals surface area contributed by atoms with Gasteiger partial charge in [-0.2, -0.15) is 0 Å². The number of hydrogen-bond acceptors (Lipinski definition) is 3. The Labute approximate surface area is 105 Å². The van der Waals surface area contributed by atoms with Gasteiger partial charge < -0.3 is 11.1 Å². The average Bonchev–Trinajstić information content (AvgIpc) is 2.17. The molecule has 0 saturated carbocycles. The van der Waals surface area contributed by atoms with Crippen molar-refractivity contribution in [3.05, 3.63) is 28.7 Å². The summed E-state index contributed by atoms with van der Waals surface area (Å²) < 4.78 is 12.2. The van der Waals surface area contributed by atoms with Crippen molar-refractivity contribution in [1.29, 1.82) is 0 Å². The Bertz CT molecular complexity index is 398. The van der Waals surface area contributed by atoms with Crippen molar-refractivity contribution in [3.8, 4) is 0 Å². The number of carbonyl (C=O) groups excluding carboxylic acids is 1. The largest absolute Gasteiger partial charge is 0.330 e. The second kappa shape index (κ2) is 6.78. The molecular weight excluding hydrogens is 292 g/mol. The van der Waals surface area contributed by atoms with Gasteiger partial charge in [-0.3, -0.25) is 9.00 Å². The fraction of sp³-hybridized carbons (Fsp3) is 0.300. The van der Waals surface area contributed by atoms with Crippen LogP contribution in [0.15, 0.2) is 28.7 Å². The van der Waals surface area contributed by atoms with Crippen molar-refractivity contribution in [2.45, 2.75) is 0 Å². The molecule has 1 unspecified atom stereocenters. The van der Waals surface area contributed by atoms with Crippen molar-refractivity contribution < 1.29 is 9.00 Å². The van der Waals surface area contributed by atoms with Gasteiger partial charge in [-0.15, -0.1) is 0 Å². The SMILES string of the molecule is NCCS(=O)CC(=O)Nc1cccc(Br)c1. The van der Waals surface area contributed by atoms with Crippen LogP contribution in [0.2, 0.25) is 0 Å². The number of carbonyl (C=O) groups is 1. The van der Waals surface area contributed by atoms with E-state index in [0.717, 1.165) is 4.47 Å². The van der Waals surface area contributed by atoms with Crippen LogP contribution in [0.4, 0.5) is 5.69 Å². The quantitative estimate of drug-likeness (QED) is 0.855. The van der Waals surface area contributed by atoms with E-state index in [9.17, 15) is 9.00 Å². The van der Waals surface area contributed by atoms with Crippen molar-refractivity contribution in [3.63, 3.8) is 0 Å². The van der Waals surface area contributed by atoms with Crippen molar-refractivity contribution in [1.82, 2.24) is 0 Å². The van der Waals surface area contributed by atoms with Crippen LogP contribution in [-0.4, -0.2) is 28.2 Å². The monoisotopic (exact) mass is 304 g/mol. The minimum Gasteiger partial charge on any atom is -0.330 e. The van der Waals surface area contributed by atoms with Gasteiger partial charge in [0.2, 0.25) is 5.91 Å². The number of amides is 1. The molecule has 0 fully saturated rings. The standard InChI is InChI=1S/C10H13BrN2O2S/c11-8-2-1-3-9(6-8)13-10(14)7-16(15)5-4-12/h1-3,6H,4-5,7,12H2,(H,13,14). The summed E-state index contributed by atoms with van der Waals surface area (Å²) >= 11 is 3.30. The number of rotatable bonds is 5. The molecule has 0 heterocycles. The number of nitrogens with two attached hydrogens (primary N) is 1. The highest BCUT2D eigenvalue weighted by molar-refractivity contribution is 9.10. The molecule has 1 aromatic carbocycles. The lowest BCUT2D eigenvalue weighted by molar-refractivity contribution is -0.113. The van der Waals surface area contributed by atoms with Gasteiger partial charge in [-0.25, -0.2) is 0 Å². The molecular formula is C10H13BrN2O2S. The van der Waals surface area contributed by atoms with Gasteiger partial charge >= 0.3 is 0 Å². The van der Waals surface area contributed by atoms with E-state index in [-0.39, 0.29) is 11.7 Å². The third-order valence-electron chi connectivity index (χ3n) is 1.75. The second-order valence-electron chi connectivity index (χ2n) is 3.14. The fourth-order valence-electron chi connectivity index (χ4n) is 1.11. The zero-order valence-electron chi connectivity index (χ0n) is 8.61. The van der Waals surface area contributed by atoms with E-state index in [2.05, 4.69) is 21.2 Å². The van der Waals surface area contributed by atoms with Crippen LogP contribution >= 0.6 is 15.9 Å². The second-order valence-corrected chi connectivity index (χ2v) is 5.63. The number of nitrogens with one attached hydrogen (secondary N) is 1. The van der Waals surface area contributed by atoms with Crippen LogP contribution in [-0.2, 0) is 15.6 Å². The molecule has 4 nitrogen and oxygen atoms in total. The zero-order chi connectivity index (χ0) is 12.0. The molecule has 88 valence electrons. The Morgan fingerprint density at radius 1 is 1.50 bits per heavy atom. The molecule has 3 N–H and O–H groups in total. The summed E-state index contributed by atoms with van der Waals surface area (Å²) in [5.74, 6) is 0.0835. The fourth-order valence-corrected chi connectivity index (χ4v) is 2.28. The third kappa shape index (κ3) is 4.87. The van der Waals surface area contributed by atoms with Crippen LogP contribution in [0.25, 0.3) is 0 Å². The van der Waals surface area contributed by atoms with Gasteiger partial charge in [-0.1, -0.05) is 22.0 Å². The first-order valence-electron chi connectivity index (χ1n) is 4.72. The molecule has 0 radical (unpaired) electrons. The van der Waals surface area contributed by atoms with Crippen LogP contribution in [0.3, 0.4) is 0 Å². The predicted octanol–water partition coefficient (Wildman–Crippen LogP) is 1.10. The predicted molar refractivity (Wildman–Crippen MR) is 69.7 cm³/mol. The Hall–Kier alpha value is -0.720. The molecule has 1 rings (SSSR count). The Morgan fingerprint density at radius 3 is 2.88 bits per heavy atom. The minimum absolute atomic E-state index is 0.0102. The lowest BCUT2D eigenvalue weighted by Crippen LogP contribution is -2.23. The molecule has 1 aromatic rings. The molecule has 0 aliphatic heterocycles. The van der Waals surface area contributed by atoms with E-state index in [1.807, 2.05) is 12.1 Å². The molecule has 1 amide bonds. The maximum absolute atomic E-state index is 11.4. The van der Waals surface area contributed by atoms with Gasteiger partial charge in [0.25, 0.3) is 0 Å². The van der Waals surface area contributed by atoms with E-state index < -0.39 is 10.8 Å². The van der Waals surface area contributed by atoms with E-state index in [1.54, 1.807) is 12.1 Å². The smallest absolute Gasteiger partial charge is 0.236 e. The summed E-state index contributed by atoms with van der Waals surface area (Å²) in [6, 6.07) is 7.23. The topological polar surface area (TPSA) is 72.2 Å². The molecule has 0 bridgehead atoms. The molecule has 0 aromatic heterocycles. The highest BCUT2D eigenvalue weighted by Crippen LogP contribution is 2.15. The van der Waals surface area contributed by atoms with Crippen molar-refractivity contribution in [2.75, 3.05) is 23.4 Å². The van der Waals surface area contributed by atoms with Crippen LogP contribution in [0.5, 0.6) is 0 Å². The maximum atomic E-state index is 11.4. The summed E-state index contributed by atoms with van der Waals surface area (Å²) in [6.45, 7) is 0.330.